The van der Waals surface area contributed by atoms with Crippen LogP contribution in [0.1, 0.15) is 20.3 Å². The fourth-order valence-corrected chi connectivity index (χ4v) is 1.74. The molecule has 0 aromatic carbocycles. The van der Waals surface area contributed by atoms with Gasteiger partial charge in [0.1, 0.15) is 0 Å². The molecule has 0 bridgehead atoms. The van der Waals surface area contributed by atoms with Crippen molar-refractivity contribution in [3.8, 4) is 0 Å². The van der Waals surface area contributed by atoms with Gasteiger partial charge in [0.15, 0.2) is 0 Å². The number of hydrogen-bond donors (Lipinski definition) is 1. The summed E-state index contributed by atoms with van der Waals surface area (Å²) < 4.78 is 2.04. The van der Waals surface area contributed by atoms with E-state index in [0.29, 0.717) is 6.54 Å². The van der Waals surface area contributed by atoms with Crippen LogP contribution >= 0.6 is 0 Å². The van der Waals surface area contributed by atoms with Crippen molar-refractivity contribution in [2.24, 2.45) is 5.92 Å². The predicted octanol–water partition coefficient (Wildman–Crippen LogP) is 1.32. The highest BCUT2D eigenvalue weighted by Gasteiger charge is 2.14. The second-order valence-corrected chi connectivity index (χ2v) is 4.29. The van der Waals surface area contributed by atoms with E-state index < -0.39 is 5.97 Å². The van der Waals surface area contributed by atoms with Crippen LogP contribution in [0.15, 0.2) is 18.7 Å². The van der Waals surface area contributed by atoms with Crippen LogP contribution in [0.3, 0.4) is 0 Å². The Kier molecular flexibility index (Phi) is 5.69. The molecule has 0 amide bonds. The summed E-state index contributed by atoms with van der Waals surface area (Å²) in [5.41, 5.74) is 0. The highest BCUT2D eigenvalue weighted by molar-refractivity contribution is 5.69. The molecular weight excluding hydrogens is 218 g/mol. The molecule has 1 aromatic rings. The first kappa shape index (κ1) is 13.7. The number of carbonyl (C=O) groups is 1. The maximum absolute atomic E-state index is 10.8. The van der Waals surface area contributed by atoms with Gasteiger partial charge in [-0.3, -0.25) is 4.79 Å². The van der Waals surface area contributed by atoms with Crippen molar-refractivity contribution in [2.75, 3.05) is 19.6 Å². The van der Waals surface area contributed by atoms with Crippen LogP contribution in [0.5, 0.6) is 0 Å². The van der Waals surface area contributed by atoms with Crippen LogP contribution in [-0.4, -0.2) is 45.2 Å². The Morgan fingerprint density at radius 3 is 2.88 bits per heavy atom. The zero-order valence-corrected chi connectivity index (χ0v) is 10.5. The topological polar surface area (TPSA) is 58.4 Å². The molecular formula is C12H21N3O2. The van der Waals surface area contributed by atoms with Crippen LogP contribution in [-0.2, 0) is 11.3 Å². The number of carboxylic acids is 1. The lowest BCUT2D eigenvalue weighted by atomic mass is 10.1. The minimum absolute atomic E-state index is 0.303. The van der Waals surface area contributed by atoms with Crippen molar-refractivity contribution in [1.82, 2.24) is 14.5 Å². The molecule has 0 saturated heterocycles. The normalized spacial score (nSPS) is 12.9. The molecule has 1 N–H and O–H groups in total. The van der Waals surface area contributed by atoms with Crippen LogP contribution in [0.2, 0.25) is 0 Å². The van der Waals surface area contributed by atoms with Crippen molar-refractivity contribution < 1.29 is 9.90 Å². The summed E-state index contributed by atoms with van der Waals surface area (Å²) in [5.74, 6) is -1.03. The molecule has 17 heavy (non-hydrogen) atoms. The Bertz CT molecular complexity index is 325. The van der Waals surface area contributed by atoms with Gasteiger partial charge >= 0.3 is 5.97 Å². The molecule has 1 unspecified atom stereocenters. The third-order valence-electron chi connectivity index (χ3n) is 2.85. The third kappa shape index (κ3) is 4.99. The van der Waals surface area contributed by atoms with Gasteiger partial charge in [0.25, 0.3) is 0 Å². The summed E-state index contributed by atoms with van der Waals surface area (Å²) >= 11 is 0. The standard InChI is InChI=1S/C12H21N3O2/c1-3-14(9-11(2)12(16)17)6-4-7-15-8-5-13-10-15/h5,8,10-11H,3-4,6-7,9H2,1-2H3,(H,16,17). The van der Waals surface area contributed by atoms with E-state index in [0.717, 1.165) is 26.1 Å². The van der Waals surface area contributed by atoms with E-state index in [1.807, 2.05) is 10.8 Å². The molecule has 1 aromatic heterocycles. The van der Waals surface area contributed by atoms with Gasteiger partial charge in [-0.1, -0.05) is 13.8 Å². The monoisotopic (exact) mass is 239 g/mol. The summed E-state index contributed by atoms with van der Waals surface area (Å²) in [6, 6.07) is 0. The molecule has 0 radical (unpaired) electrons. The number of imidazole rings is 1. The van der Waals surface area contributed by atoms with Crippen molar-refractivity contribution in [2.45, 2.75) is 26.8 Å². The maximum Gasteiger partial charge on any atom is 0.307 e. The smallest absolute Gasteiger partial charge is 0.307 e. The molecule has 96 valence electrons. The average molecular weight is 239 g/mol. The molecule has 0 aliphatic heterocycles. The van der Waals surface area contributed by atoms with Gasteiger partial charge in [-0.15, -0.1) is 0 Å². The van der Waals surface area contributed by atoms with Gasteiger partial charge in [-0.05, 0) is 19.5 Å². The minimum Gasteiger partial charge on any atom is -0.481 e. The zero-order chi connectivity index (χ0) is 12.7. The number of nitrogens with zero attached hydrogens (tertiary/aromatic N) is 3. The van der Waals surface area contributed by atoms with Crippen molar-refractivity contribution in [3.05, 3.63) is 18.7 Å². The maximum atomic E-state index is 10.8. The zero-order valence-electron chi connectivity index (χ0n) is 10.5. The molecule has 5 nitrogen and oxygen atoms in total. The summed E-state index contributed by atoms with van der Waals surface area (Å²) in [6.45, 7) is 7.17. The van der Waals surface area contributed by atoms with E-state index in [-0.39, 0.29) is 5.92 Å². The Morgan fingerprint density at radius 2 is 2.35 bits per heavy atom. The van der Waals surface area contributed by atoms with E-state index in [9.17, 15) is 4.79 Å². The van der Waals surface area contributed by atoms with E-state index in [4.69, 9.17) is 5.11 Å². The lowest BCUT2D eigenvalue weighted by Gasteiger charge is -2.22. The van der Waals surface area contributed by atoms with Gasteiger partial charge in [0.05, 0.1) is 12.2 Å². The first-order valence-corrected chi connectivity index (χ1v) is 6.04. The summed E-state index contributed by atoms with van der Waals surface area (Å²) in [6.07, 6.45) is 6.52. The highest BCUT2D eigenvalue weighted by Crippen LogP contribution is 2.02. The summed E-state index contributed by atoms with van der Waals surface area (Å²) in [7, 11) is 0. The van der Waals surface area contributed by atoms with Gasteiger partial charge in [-0.2, -0.15) is 0 Å². The van der Waals surface area contributed by atoms with Crippen molar-refractivity contribution in [1.29, 1.82) is 0 Å². The second-order valence-electron chi connectivity index (χ2n) is 4.29. The second kappa shape index (κ2) is 7.06. The number of hydrogen-bond acceptors (Lipinski definition) is 3. The molecule has 0 spiro atoms. The fraction of sp³-hybridized carbons (Fsp3) is 0.667. The number of aryl methyl sites for hydroxylation is 1. The number of carboxylic acid groups (broad SMARTS) is 1. The fourth-order valence-electron chi connectivity index (χ4n) is 1.74. The van der Waals surface area contributed by atoms with E-state index in [1.165, 1.54) is 0 Å². The number of aliphatic carboxylic acids is 1. The molecule has 1 heterocycles. The molecule has 1 rings (SSSR count). The van der Waals surface area contributed by atoms with Crippen molar-refractivity contribution in [3.63, 3.8) is 0 Å². The molecule has 0 aliphatic rings. The molecule has 1 atom stereocenters. The minimum atomic E-state index is -0.724. The van der Waals surface area contributed by atoms with Gasteiger partial charge in [0.2, 0.25) is 0 Å². The number of rotatable bonds is 8. The molecule has 0 fully saturated rings. The van der Waals surface area contributed by atoms with Crippen LogP contribution in [0.25, 0.3) is 0 Å². The van der Waals surface area contributed by atoms with E-state index in [1.54, 1.807) is 19.4 Å². The van der Waals surface area contributed by atoms with Gasteiger partial charge < -0.3 is 14.6 Å². The third-order valence-corrected chi connectivity index (χ3v) is 2.85. The summed E-state index contributed by atoms with van der Waals surface area (Å²) in [4.78, 5) is 16.9. The number of aromatic nitrogens is 2. The van der Waals surface area contributed by atoms with Gasteiger partial charge in [0, 0.05) is 25.5 Å². The average Bonchev–Trinajstić information content (AvgIpc) is 2.80. The lowest BCUT2D eigenvalue weighted by Crippen LogP contribution is -2.32. The Balaban J connectivity index is 2.25. The van der Waals surface area contributed by atoms with Crippen LogP contribution < -0.4 is 0 Å². The molecule has 5 heteroatoms. The predicted molar refractivity (Wildman–Crippen MR) is 65.8 cm³/mol. The Morgan fingerprint density at radius 1 is 1.59 bits per heavy atom. The Labute approximate surface area is 102 Å². The highest BCUT2D eigenvalue weighted by atomic mass is 16.4. The van der Waals surface area contributed by atoms with Crippen LogP contribution in [0, 0.1) is 5.92 Å². The Hall–Kier alpha value is -1.36. The van der Waals surface area contributed by atoms with Crippen molar-refractivity contribution >= 4 is 5.97 Å². The first-order chi connectivity index (χ1) is 8.13. The molecule has 0 saturated carbocycles. The molecule has 0 aliphatic carbocycles. The van der Waals surface area contributed by atoms with Gasteiger partial charge in [-0.25, -0.2) is 4.98 Å². The first-order valence-electron chi connectivity index (χ1n) is 6.04. The quantitative estimate of drug-likeness (QED) is 0.743. The van der Waals surface area contributed by atoms with E-state index >= 15 is 0 Å². The summed E-state index contributed by atoms with van der Waals surface area (Å²) in [5, 5.41) is 8.86. The lowest BCUT2D eigenvalue weighted by molar-refractivity contribution is -0.141. The van der Waals surface area contributed by atoms with E-state index in [2.05, 4.69) is 16.8 Å². The largest absolute Gasteiger partial charge is 0.481 e. The SMILES string of the molecule is CCN(CCCn1ccnc1)CC(C)C(=O)O. The van der Waals surface area contributed by atoms with Crippen LogP contribution in [0.4, 0.5) is 0 Å².